The third-order valence-electron chi connectivity index (χ3n) is 2.69. The third kappa shape index (κ3) is 4.28. The Labute approximate surface area is 94.9 Å². The first-order valence-electron chi connectivity index (χ1n) is 4.79. The Bertz CT molecular complexity index is 285. The van der Waals surface area contributed by atoms with E-state index in [-0.39, 0.29) is 5.75 Å². The molecule has 0 atom stereocenters. The van der Waals surface area contributed by atoms with E-state index < -0.39 is 9.84 Å². The third-order valence-corrected chi connectivity index (χ3v) is 4.80. The van der Waals surface area contributed by atoms with Gasteiger partial charge in [0.2, 0.25) is 0 Å². The number of hydrogen-bond acceptors (Lipinski definition) is 3. The summed E-state index contributed by atoms with van der Waals surface area (Å²) >= 11 is 3.51. The first-order valence-corrected chi connectivity index (χ1v) is 7.97. The lowest BCUT2D eigenvalue weighted by Crippen LogP contribution is -2.31. The van der Waals surface area contributed by atoms with Gasteiger partial charge in [-0.2, -0.15) is 0 Å². The summed E-state index contributed by atoms with van der Waals surface area (Å²) in [6.45, 7) is 1.65. The smallest absolute Gasteiger partial charge is 0.148 e. The van der Waals surface area contributed by atoms with E-state index in [1.54, 1.807) is 0 Å². The van der Waals surface area contributed by atoms with E-state index in [0.717, 1.165) is 11.9 Å². The number of sulfone groups is 1. The molecule has 0 radical (unpaired) electrons. The quantitative estimate of drug-likeness (QED) is 0.686. The SMILES string of the molecule is CN(CCS(C)(=O)=O)CC1(CBr)CC1. The molecule has 1 saturated carbocycles. The van der Waals surface area contributed by atoms with Crippen LogP contribution in [0.4, 0.5) is 0 Å². The molecule has 84 valence electrons. The average Bonchev–Trinajstić information content (AvgIpc) is 2.81. The van der Waals surface area contributed by atoms with E-state index >= 15 is 0 Å². The topological polar surface area (TPSA) is 37.4 Å². The molecular weight excluding hydrogens is 266 g/mol. The van der Waals surface area contributed by atoms with Crippen molar-refractivity contribution in [2.75, 3.05) is 37.5 Å². The Morgan fingerprint density at radius 3 is 2.36 bits per heavy atom. The molecule has 3 nitrogen and oxygen atoms in total. The largest absolute Gasteiger partial charge is 0.305 e. The van der Waals surface area contributed by atoms with Gasteiger partial charge in [-0.1, -0.05) is 15.9 Å². The predicted molar refractivity (Wildman–Crippen MR) is 62.7 cm³/mol. The molecule has 0 spiro atoms. The highest BCUT2D eigenvalue weighted by molar-refractivity contribution is 9.09. The van der Waals surface area contributed by atoms with E-state index in [4.69, 9.17) is 0 Å². The van der Waals surface area contributed by atoms with Crippen molar-refractivity contribution in [3.8, 4) is 0 Å². The van der Waals surface area contributed by atoms with Crippen LogP contribution in [0.5, 0.6) is 0 Å². The minimum absolute atomic E-state index is 0.266. The maximum absolute atomic E-state index is 11.0. The van der Waals surface area contributed by atoms with Crippen LogP contribution in [0.2, 0.25) is 0 Å². The Morgan fingerprint density at radius 1 is 1.43 bits per heavy atom. The van der Waals surface area contributed by atoms with Gasteiger partial charge in [-0.3, -0.25) is 0 Å². The molecule has 14 heavy (non-hydrogen) atoms. The highest BCUT2D eigenvalue weighted by atomic mass is 79.9. The number of rotatable bonds is 6. The summed E-state index contributed by atoms with van der Waals surface area (Å²) < 4.78 is 21.9. The highest BCUT2D eigenvalue weighted by Crippen LogP contribution is 2.47. The van der Waals surface area contributed by atoms with Gasteiger partial charge in [0.15, 0.2) is 0 Å². The van der Waals surface area contributed by atoms with Gasteiger partial charge < -0.3 is 4.90 Å². The van der Waals surface area contributed by atoms with Crippen LogP contribution in [0.3, 0.4) is 0 Å². The van der Waals surface area contributed by atoms with Crippen molar-refractivity contribution >= 4 is 25.8 Å². The van der Waals surface area contributed by atoms with Gasteiger partial charge >= 0.3 is 0 Å². The van der Waals surface area contributed by atoms with Crippen molar-refractivity contribution in [3.63, 3.8) is 0 Å². The van der Waals surface area contributed by atoms with Gasteiger partial charge in [0, 0.05) is 24.7 Å². The second kappa shape index (κ2) is 4.49. The Kier molecular flexibility index (Phi) is 4.00. The van der Waals surface area contributed by atoms with Crippen LogP contribution >= 0.6 is 15.9 Å². The zero-order valence-corrected chi connectivity index (χ0v) is 11.2. The van der Waals surface area contributed by atoms with Gasteiger partial charge in [0.05, 0.1) is 5.75 Å². The van der Waals surface area contributed by atoms with Gasteiger partial charge in [-0.05, 0) is 25.3 Å². The molecule has 0 bridgehead atoms. The molecule has 5 heteroatoms. The van der Waals surface area contributed by atoms with Crippen molar-refractivity contribution in [1.29, 1.82) is 0 Å². The lowest BCUT2D eigenvalue weighted by Gasteiger charge is -2.21. The summed E-state index contributed by atoms with van der Waals surface area (Å²) in [6.07, 6.45) is 3.82. The van der Waals surface area contributed by atoms with E-state index in [1.807, 2.05) is 7.05 Å². The molecule has 0 aromatic carbocycles. The molecule has 0 heterocycles. The summed E-state index contributed by atoms with van der Waals surface area (Å²) in [5.74, 6) is 0.266. The zero-order chi connectivity index (χ0) is 10.8. The molecule has 1 aliphatic rings. The highest BCUT2D eigenvalue weighted by Gasteiger charge is 2.42. The standard InChI is InChI=1S/C9H18BrNO2S/c1-11(5-6-14(2,12)13)8-9(7-10)3-4-9/h3-8H2,1-2H3. The fourth-order valence-corrected chi connectivity index (χ4v) is 2.87. The molecule has 0 amide bonds. The lowest BCUT2D eigenvalue weighted by atomic mass is 10.1. The molecule has 1 aliphatic carbocycles. The molecule has 1 fully saturated rings. The molecule has 0 saturated heterocycles. The number of alkyl halides is 1. The second-order valence-corrected chi connectivity index (χ2v) is 7.32. The summed E-state index contributed by atoms with van der Waals surface area (Å²) in [4.78, 5) is 2.12. The number of hydrogen-bond donors (Lipinski definition) is 0. The minimum atomic E-state index is -2.81. The molecule has 0 aliphatic heterocycles. The first-order chi connectivity index (χ1) is 6.37. The van der Waals surface area contributed by atoms with Crippen LogP contribution in [0, 0.1) is 5.41 Å². The average molecular weight is 284 g/mol. The van der Waals surface area contributed by atoms with Crippen LogP contribution in [0.15, 0.2) is 0 Å². The normalized spacial score (nSPS) is 20.0. The maximum atomic E-state index is 11.0. The van der Waals surface area contributed by atoms with E-state index in [0.29, 0.717) is 12.0 Å². The Hall–Kier alpha value is 0.390. The van der Waals surface area contributed by atoms with Crippen molar-refractivity contribution in [2.45, 2.75) is 12.8 Å². The molecule has 0 unspecified atom stereocenters. The van der Waals surface area contributed by atoms with Gasteiger partial charge in [0.1, 0.15) is 9.84 Å². The van der Waals surface area contributed by atoms with Crippen LogP contribution in [-0.2, 0) is 9.84 Å². The van der Waals surface area contributed by atoms with E-state index in [1.165, 1.54) is 19.1 Å². The van der Waals surface area contributed by atoms with Crippen LogP contribution in [0.1, 0.15) is 12.8 Å². The van der Waals surface area contributed by atoms with Gasteiger partial charge in [-0.25, -0.2) is 8.42 Å². The molecular formula is C9H18BrNO2S. The minimum Gasteiger partial charge on any atom is -0.305 e. The van der Waals surface area contributed by atoms with E-state index in [9.17, 15) is 8.42 Å². The predicted octanol–water partition coefficient (Wildman–Crippen LogP) is 1.14. The van der Waals surface area contributed by atoms with Gasteiger partial charge in [0.25, 0.3) is 0 Å². The van der Waals surface area contributed by atoms with E-state index in [2.05, 4.69) is 20.8 Å². The van der Waals surface area contributed by atoms with Crippen molar-refractivity contribution in [2.24, 2.45) is 5.41 Å². The summed E-state index contributed by atoms with van der Waals surface area (Å²) in [5.41, 5.74) is 0.437. The fourth-order valence-electron chi connectivity index (χ4n) is 1.48. The Morgan fingerprint density at radius 2 is 2.00 bits per heavy atom. The number of nitrogens with zero attached hydrogens (tertiary/aromatic N) is 1. The van der Waals surface area contributed by atoms with Crippen LogP contribution in [-0.4, -0.2) is 50.8 Å². The maximum Gasteiger partial charge on any atom is 0.148 e. The van der Waals surface area contributed by atoms with Crippen LogP contribution in [0.25, 0.3) is 0 Å². The lowest BCUT2D eigenvalue weighted by molar-refractivity contribution is 0.292. The summed E-state index contributed by atoms with van der Waals surface area (Å²) in [6, 6.07) is 0. The summed E-state index contributed by atoms with van der Waals surface area (Å²) in [5, 5.41) is 1.03. The van der Waals surface area contributed by atoms with Crippen molar-refractivity contribution < 1.29 is 8.42 Å². The first kappa shape index (κ1) is 12.5. The van der Waals surface area contributed by atoms with Gasteiger partial charge in [-0.15, -0.1) is 0 Å². The monoisotopic (exact) mass is 283 g/mol. The van der Waals surface area contributed by atoms with Crippen LogP contribution < -0.4 is 0 Å². The van der Waals surface area contributed by atoms with Crippen molar-refractivity contribution in [1.82, 2.24) is 4.90 Å². The Balaban J connectivity index is 2.26. The molecule has 0 aromatic rings. The second-order valence-electron chi connectivity index (χ2n) is 4.50. The summed E-state index contributed by atoms with van der Waals surface area (Å²) in [7, 11) is -0.821. The molecule has 1 rings (SSSR count). The zero-order valence-electron chi connectivity index (χ0n) is 8.79. The van der Waals surface area contributed by atoms with Crippen molar-refractivity contribution in [3.05, 3.63) is 0 Å². The fraction of sp³-hybridized carbons (Fsp3) is 1.00. The number of halogens is 1. The molecule has 0 aromatic heterocycles. The molecule has 0 N–H and O–H groups in total.